The van der Waals surface area contributed by atoms with Crippen LogP contribution >= 0.6 is 0 Å². The monoisotopic (exact) mass is 426 g/mol. The molecule has 0 aliphatic heterocycles. The molecule has 0 fully saturated rings. The first-order valence-electron chi connectivity index (χ1n) is 10.4. The predicted octanol–water partition coefficient (Wildman–Crippen LogP) is 5.95. The van der Waals surface area contributed by atoms with Gasteiger partial charge in [-0.25, -0.2) is 0 Å². The Morgan fingerprint density at radius 3 is 2.45 bits per heavy atom. The van der Waals surface area contributed by atoms with Crippen LogP contribution < -0.4 is 0 Å². The number of pyridine rings is 2. The smallest absolute Gasteiger partial charge is 0.123 e. The molecule has 4 rings (SSSR count). The molecule has 5 nitrogen and oxygen atoms in total. The number of fused-ring (bicyclic) bond motifs is 1. The molecular formula is C25H26N4OSi. The lowest BCUT2D eigenvalue weighted by molar-refractivity contribution is 0.0912. The van der Waals surface area contributed by atoms with E-state index in [1.54, 1.807) is 18.6 Å². The Bertz CT molecular complexity index is 1220. The van der Waals surface area contributed by atoms with Crippen LogP contribution in [0.2, 0.25) is 25.7 Å². The molecule has 31 heavy (non-hydrogen) atoms. The summed E-state index contributed by atoms with van der Waals surface area (Å²) in [5.41, 5.74) is 5.54. The van der Waals surface area contributed by atoms with Crippen molar-refractivity contribution in [2.45, 2.75) is 32.4 Å². The van der Waals surface area contributed by atoms with Crippen molar-refractivity contribution in [2.24, 2.45) is 0 Å². The first-order valence-corrected chi connectivity index (χ1v) is 14.1. The predicted molar refractivity (Wildman–Crippen MR) is 127 cm³/mol. The summed E-state index contributed by atoms with van der Waals surface area (Å²) < 4.78 is 8.21. The number of benzene rings is 1. The molecule has 6 heteroatoms. The van der Waals surface area contributed by atoms with Crippen LogP contribution in [0.4, 0.5) is 0 Å². The molecule has 0 N–H and O–H groups in total. The van der Waals surface area contributed by atoms with Crippen molar-refractivity contribution in [3.05, 3.63) is 72.8 Å². The molecule has 0 aliphatic carbocycles. The van der Waals surface area contributed by atoms with Crippen LogP contribution in [0.5, 0.6) is 0 Å². The number of hydrogen-bond donors (Lipinski definition) is 0. The van der Waals surface area contributed by atoms with Gasteiger partial charge >= 0.3 is 0 Å². The average molecular weight is 427 g/mol. The molecule has 0 atom stereocenters. The van der Waals surface area contributed by atoms with Crippen LogP contribution in [-0.2, 0) is 11.5 Å². The lowest BCUT2D eigenvalue weighted by atomic mass is 10.0. The molecule has 3 aromatic heterocycles. The molecule has 0 unspecified atom stereocenters. The number of nitrogens with zero attached hydrogens (tertiary/aromatic N) is 4. The summed E-state index contributed by atoms with van der Waals surface area (Å²) in [6.07, 6.45) is 7.11. The van der Waals surface area contributed by atoms with Crippen molar-refractivity contribution in [2.75, 3.05) is 6.61 Å². The maximum absolute atomic E-state index is 10.1. The van der Waals surface area contributed by atoms with E-state index in [2.05, 4.69) is 58.4 Å². The Balaban J connectivity index is 1.82. The fraction of sp³-hybridized carbons (Fsp3) is 0.240. The quantitative estimate of drug-likeness (QED) is 0.271. The number of nitriles is 1. The summed E-state index contributed by atoms with van der Waals surface area (Å²) in [5.74, 6) is 0. The molecular weight excluding hydrogens is 400 g/mol. The Hall–Kier alpha value is -3.27. The summed E-state index contributed by atoms with van der Waals surface area (Å²) >= 11 is 0. The molecule has 0 saturated heterocycles. The highest BCUT2D eigenvalue weighted by atomic mass is 28.3. The second-order valence-corrected chi connectivity index (χ2v) is 14.4. The highest BCUT2D eigenvalue weighted by Crippen LogP contribution is 2.35. The van der Waals surface area contributed by atoms with E-state index in [9.17, 15) is 5.26 Å². The summed E-state index contributed by atoms with van der Waals surface area (Å²) in [7, 11) is -1.17. The van der Waals surface area contributed by atoms with Crippen LogP contribution in [0.1, 0.15) is 5.56 Å². The van der Waals surface area contributed by atoms with Gasteiger partial charge in [-0.15, -0.1) is 0 Å². The van der Waals surface area contributed by atoms with E-state index in [1.165, 1.54) is 0 Å². The Kier molecular flexibility index (Phi) is 5.98. The summed E-state index contributed by atoms with van der Waals surface area (Å²) in [6, 6.07) is 17.6. The zero-order chi connectivity index (χ0) is 21.8. The maximum Gasteiger partial charge on any atom is 0.123 e. The second-order valence-electron chi connectivity index (χ2n) is 8.82. The highest BCUT2D eigenvalue weighted by Gasteiger charge is 2.20. The van der Waals surface area contributed by atoms with E-state index in [-0.39, 0.29) is 0 Å². The van der Waals surface area contributed by atoms with Crippen molar-refractivity contribution in [3.8, 4) is 28.5 Å². The van der Waals surface area contributed by atoms with Gasteiger partial charge in [-0.3, -0.25) is 9.97 Å². The Labute approximate surface area is 184 Å². The van der Waals surface area contributed by atoms with Crippen molar-refractivity contribution in [1.82, 2.24) is 14.5 Å². The number of hydrogen-bond acceptors (Lipinski definition) is 4. The SMILES string of the molecule is C[Si](C)(C)CCOCn1c(-c2ccncc2)c(C#N)c2cc(-c3cccnc3)ccc21. The van der Waals surface area contributed by atoms with Gasteiger partial charge in [0.05, 0.1) is 16.8 Å². The molecule has 0 amide bonds. The van der Waals surface area contributed by atoms with E-state index in [4.69, 9.17) is 4.74 Å². The zero-order valence-electron chi connectivity index (χ0n) is 18.2. The van der Waals surface area contributed by atoms with Gasteiger partial charge in [-0.05, 0) is 41.9 Å². The third-order valence-electron chi connectivity index (χ3n) is 5.34. The van der Waals surface area contributed by atoms with Crippen molar-refractivity contribution in [3.63, 3.8) is 0 Å². The van der Waals surface area contributed by atoms with Gasteiger partial charge in [-0.1, -0.05) is 31.8 Å². The minimum absolute atomic E-state index is 0.409. The fourth-order valence-electron chi connectivity index (χ4n) is 3.66. The van der Waals surface area contributed by atoms with Crippen molar-refractivity contribution >= 4 is 19.0 Å². The summed E-state index contributed by atoms with van der Waals surface area (Å²) in [4.78, 5) is 8.37. The third-order valence-corrected chi connectivity index (χ3v) is 7.04. The number of ether oxygens (including phenoxy) is 1. The van der Waals surface area contributed by atoms with E-state index in [0.29, 0.717) is 12.3 Å². The normalized spacial score (nSPS) is 11.5. The lowest BCUT2D eigenvalue weighted by Crippen LogP contribution is -2.22. The van der Waals surface area contributed by atoms with Crippen LogP contribution in [-0.4, -0.2) is 29.2 Å². The summed E-state index contributed by atoms with van der Waals surface area (Å²) in [6.45, 7) is 8.17. The highest BCUT2D eigenvalue weighted by molar-refractivity contribution is 6.76. The molecule has 0 bridgehead atoms. The van der Waals surface area contributed by atoms with E-state index in [0.717, 1.165) is 45.9 Å². The van der Waals surface area contributed by atoms with E-state index >= 15 is 0 Å². The Morgan fingerprint density at radius 1 is 0.968 bits per heavy atom. The van der Waals surface area contributed by atoms with Gasteiger partial charge in [0.25, 0.3) is 0 Å². The standard InChI is InChI=1S/C25H26N4OSi/c1-31(2,3)14-13-30-18-29-24-7-6-20(21-5-4-10-28-17-21)15-22(24)23(16-26)25(29)19-8-11-27-12-9-19/h4-12,15,17H,13-14,18H2,1-3H3. The maximum atomic E-state index is 10.1. The number of aromatic nitrogens is 3. The van der Waals surface area contributed by atoms with Crippen LogP contribution in [0, 0.1) is 11.3 Å². The van der Waals surface area contributed by atoms with Gasteiger partial charge < -0.3 is 9.30 Å². The lowest BCUT2D eigenvalue weighted by Gasteiger charge is -2.17. The van der Waals surface area contributed by atoms with Crippen molar-refractivity contribution < 1.29 is 4.74 Å². The minimum Gasteiger partial charge on any atom is -0.361 e. The topological polar surface area (TPSA) is 63.7 Å². The largest absolute Gasteiger partial charge is 0.361 e. The van der Waals surface area contributed by atoms with E-state index < -0.39 is 8.07 Å². The van der Waals surface area contributed by atoms with Gasteiger partial charge in [0.15, 0.2) is 0 Å². The van der Waals surface area contributed by atoms with Gasteiger partial charge in [0.1, 0.15) is 12.8 Å². The first kappa shape index (κ1) is 21.0. The van der Waals surface area contributed by atoms with Gasteiger partial charge in [-0.2, -0.15) is 5.26 Å². The molecule has 0 aliphatic rings. The van der Waals surface area contributed by atoms with Gasteiger partial charge in [0.2, 0.25) is 0 Å². The van der Waals surface area contributed by atoms with Gasteiger partial charge in [0, 0.05) is 56.0 Å². The second kappa shape index (κ2) is 8.84. The molecule has 0 radical (unpaired) electrons. The van der Waals surface area contributed by atoms with Crippen LogP contribution in [0.25, 0.3) is 33.3 Å². The molecule has 0 saturated carbocycles. The van der Waals surface area contributed by atoms with E-state index in [1.807, 2.05) is 30.5 Å². The fourth-order valence-corrected chi connectivity index (χ4v) is 4.42. The van der Waals surface area contributed by atoms with Crippen molar-refractivity contribution in [1.29, 1.82) is 5.26 Å². The minimum atomic E-state index is -1.17. The van der Waals surface area contributed by atoms with Crippen LogP contribution in [0.3, 0.4) is 0 Å². The summed E-state index contributed by atoms with van der Waals surface area (Å²) in [5, 5.41) is 11.0. The molecule has 4 aromatic rings. The molecule has 156 valence electrons. The zero-order valence-corrected chi connectivity index (χ0v) is 19.2. The number of rotatable bonds is 7. The first-order chi connectivity index (χ1) is 15.0. The molecule has 3 heterocycles. The van der Waals surface area contributed by atoms with Crippen LogP contribution in [0.15, 0.2) is 67.3 Å². The molecule has 0 spiro atoms. The Morgan fingerprint density at radius 2 is 1.77 bits per heavy atom. The third kappa shape index (κ3) is 4.58. The molecule has 1 aromatic carbocycles. The average Bonchev–Trinajstić information content (AvgIpc) is 3.10.